The monoisotopic (exact) mass is 334 g/mol. The molecule has 0 saturated heterocycles. The van der Waals surface area contributed by atoms with E-state index in [-0.39, 0.29) is 15.1 Å². The van der Waals surface area contributed by atoms with Gasteiger partial charge in [-0.3, -0.25) is 0 Å². The molecule has 1 aromatic carbocycles. The number of hydrogen-bond donors (Lipinski definition) is 0. The van der Waals surface area contributed by atoms with Crippen molar-refractivity contribution in [2.45, 2.75) is 11.3 Å². The Morgan fingerprint density at radius 2 is 2.06 bits per heavy atom. The average Bonchev–Trinajstić information content (AvgIpc) is 2.14. The zero-order valence-corrected chi connectivity index (χ0v) is 10.8. The summed E-state index contributed by atoms with van der Waals surface area (Å²) in [4.78, 5) is -0.134. The van der Waals surface area contributed by atoms with Crippen LogP contribution >= 0.6 is 26.6 Å². The highest BCUT2D eigenvalue weighted by molar-refractivity contribution is 9.10. The van der Waals surface area contributed by atoms with Gasteiger partial charge in [0.25, 0.3) is 15.5 Å². The summed E-state index contributed by atoms with van der Waals surface area (Å²) in [6.07, 6.45) is -2.59. The minimum absolute atomic E-state index is 0.129. The van der Waals surface area contributed by atoms with Gasteiger partial charge in [0.1, 0.15) is 12.4 Å². The number of hydrogen-bond acceptors (Lipinski definition) is 3. The Labute approximate surface area is 104 Å². The van der Waals surface area contributed by atoms with Crippen LogP contribution in [0.3, 0.4) is 0 Å². The lowest BCUT2D eigenvalue weighted by molar-refractivity contribution is 0.0815. The second kappa shape index (κ2) is 5.29. The van der Waals surface area contributed by atoms with Gasteiger partial charge in [0, 0.05) is 10.7 Å². The molecule has 0 radical (unpaired) electrons. The Kier molecular flexibility index (Phi) is 4.52. The van der Waals surface area contributed by atoms with Gasteiger partial charge in [-0.2, -0.15) is 0 Å². The number of alkyl halides is 2. The molecule has 0 aliphatic rings. The third-order valence-electron chi connectivity index (χ3n) is 1.55. The fourth-order valence-electron chi connectivity index (χ4n) is 0.903. The van der Waals surface area contributed by atoms with Crippen molar-refractivity contribution in [1.29, 1.82) is 0 Å². The third-order valence-corrected chi connectivity index (χ3v) is 3.52. The molecule has 0 bridgehead atoms. The van der Waals surface area contributed by atoms with Gasteiger partial charge >= 0.3 is 0 Å². The molecule has 8 heteroatoms. The molecule has 0 aromatic heterocycles. The molecule has 3 nitrogen and oxygen atoms in total. The Bertz CT molecular complexity index is 478. The van der Waals surface area contributed by atoms with Crippen molar-refractivity contribution < 1.29 is 21.9 Å². The standard InChI is InChI=1S/C8H6BrClF2O3S/c9-6-3-5(16(10,13)14)1-2-7(6)15-4-8(11)12/h1-3,8H,4H2. The summed E-state index contributed by atoms with van der Waals surface area (Å²) in [5.41, 5.74) is 0. The molecule has 0 atom stereocenters. The minimum Gasteiger partial charge on any atom is -0.486 e. The zero-order chi connectivity index (χ0) is 12.3. The molecule has 0 fully saturated rings. The van der Waals surface area contributed by atoms with Crippen molar-refractivity contribution in [3.05, 3.63) is 22.7 Å². The lowest BCUT2D eigenvalue weighted by Gasteiger charge is -2.08. The number of rotatable bonds is 4. The van der Waals surface area contributed by atoms with E-state index in [1.807, 2.05) is 0 Å². The molecule has 0 unspecified atom stereocenters. The van der Waals surface area contributed by atoms with Crippen LogP contribution in [0.5, 0.6) is 5.75 Å². The van der Waals surface area contributed by atoms with Crippen molar-refractivity contribution in [3.63, 3.8) is 0 Å². The first-order valence-electron chi connectivity index (χ1n) is 3.96. The molecule has 0 spiro atoms. The van der Waals surface area contributed by atoms with E-state index in [1.54, 1.807) is 0 Å². The highest BCUT2D eigenvalue weighted by atomic mass is 79.9. The number of benzene rings is 1. The third kappa shape index (κ3) is 3.88. The maximum absolute atomic E-state index is 11.9. The Morgan fingerprint density at radius 1 is 1.44 bits per heavy atom. The Hall–Kier alpha value is -0.400. The van der Waals surface area contributed by atoms with E-state index in [9.17, 15) is 17.2 Å². The highest BCUT2D eigenvalue weighted by Crippen LogP contribution is 2.29. The van der Waals surface area contributed by atoms with Gasteiger partial charge in [0.2, 0.25) is 0 Å². The highest BCUT2D eigenvalue weighted by Gasteiger charge is 2.13. The molecule has 0 heterocycles. The topological polar surface area (TPSA) is 43.4 Å². The quantitative estimate of drug-likeness (QED) is 0.795. The van der Waals surface area contributed by atoms with Gasteiger partial charge in [-0.05, 0) is 34.1 Å². The van der Waals surface area contributed by atoms with Gasteiger partial charge < -0.3 is 4.74 Å². The maximum atomic E-state index is 11.9. The molecular formula is C8H6BrClF2O3S. The first kappa shape index (κ1) is 13.7. The smallest absolute Gasteiger partial charge is 0.272 e. The van der Waals surface area contributed by atoms with Crippen LogP contribution in [-0.4, -0.2) is 21.5 Å². The van der Waals surface area contributed by atoms with E-state index in [4.69, 9.17) is 15.4 Å². The molecule has 90 valence electrons. The fourth-order valence-corrected chi connectivity index (χ4v) is 2.32. The van der Waals surface area contributed by atoms with Gasteiger partial charge in [-0.25, -0.2) is 17.2 Å². The summed E-state index contributed by atoms with van der Waals surface area (Å²) in [6.45, 7) is -0.758. The molecule has 0 aliphatic heterocycles. The van der Waals surface area contributed by atoms with Crippen molar-refractivity contribution in [3.8, 4) is 5.75 Å². The summed E-state index contributed by atoms with van der Waals surface area (Å²) >= 11 is 3.00. The van der Waals surface area contributed by atoms with E-state index < -0.39 is 22.1 Å². The number of halogens is 4. The van der Waals surface area contributed by atoms with E-state index in [2.05, 4.69) is 15.9 Å². The normalized spacial score (nSPS) is 11.8. The predicted octanol–water partition coefficient (Wildman–Crippen LogP) is 3.02. The van der Waals surface area contributed by atoms with Gasteiger partial charge in [-0.1, -0.05) is 0 Å². The molecule has 1 rings (SSSR count). The van der Waals surface area contributed by atoms with Crippen LogP contribution < -0.4 is 4.74 Å². The van der Waals surface area contributed by atoms with Crippen LogP contribution in [0.25, 0.3) is 0 Å². The maximum Gasteiger partial charge on any atom is 0.272 e. The van der Waals surface area contributed by atoms with Gasteiger partial charge in [0.05, 0.1) is 9.37 Å². The van der Waals surface area contributed by atoms with E-state index in [1.165, 1.54) is 18.2 Å². The second-order valence-corrected chi connectivity index (χ2v) is 6.15. The first-order chi connectivity index (χ1) is 7.30. The summed E-state index contributed by atoms with van der Waals surface area (Å²) in [6, 6.07) is 3.61. The summed E-state index contributed by atoms with van der Waals surface area (Å²) < 4.78 is 50.6. The van der Waals surface area contributed by atoms with E-state index >= 15 is 0 Å². The Balaban J connectivity index is 2.92. The first-order valence-corrected chi connectivity index (χ1v) is 7.06. The van der Waals surface area contributed by atoms with E-state index in [0.29, 0.717) is 0 Å². The number of ether oxygens (including phenoxy) is 1. The van der Waals surface area contributed by atoms with Crippen molar-refractivity contribution in [1.82, 2.24) is 0 Å². The summed E-state index contributed by atoms with van der Waals surface area (Å²) in [7, 11) is 1.27. The molecule has 0 amide bonds. The van der Waals surface area contributed by atoms with Crippen LogP contribution in [0, 0.1) is 0 Å². The SMILES string of the molecule is O=S(=O)(Cl)c1ccc(OCC(F)F)c(Br)c1. The lowest BCUT2D eigenvalue weighted by atomic mass is 10.3. The molecule has 16 heavy (non-hydrogen) atoms. The lowest BCUT2D eigenvalue weighted by Crippen LogP contribution is -2.07. The zero-order valence-electron chi connectivity index (χ0n) is 7.66. The largest absolute Gasteiger partial charge is 0.486 e. The van der Waals surface area contributed by atoms with E-state index in [0.717, 1.165) is 0 Å². The molecule has 0 N–H and O–H groups in total. The van der Waals surface area contributed by atoms with Crippen LogP contribution in [0.4, 0.5) is 8.78 Å². The summed E-state index contributed by atoms with van der Waals surface area (Å²) in [5, 5.41) is 0. The van der Waals surface area contributed by atoms with Crippen LogP contribution in [-0.2, 0) is 9.05 Å². The van der Waals surface area contributed by atoms with Gasteiger partial charge in [0.15, 0.2) is 0 Å². The minimum atomic E-state index is -3.83. The predicted molar refractivity (Wildman–Crippen MR) is 58.7 cm³/mol. The van der Waals surface area contributed by atoms with Crippen LogP contribution in [0.15, 0.2) is 27.6 Å². The fraction of sp³-hybridized carbons (Fsp3) is 0.250. The van der Waals surface area contributed by atoms with Crippen molar-refractivity contribution in [2.75, 3.05) is 6.61 Å². The molecule has 0 saturated carbocycles. The van der Waals surface area contributed by atoms with Crippen molar-refractivity contribution >= 4 is 35.7 Å². The van der Waals surface area contributed by atoms with Crippen LogP contribution in [0.1, 0.15) is 0 Å². The Morgan fingerprint density at radius 3 is 2.50 bits per heavy atom. The second-order valence-electron chi connectivity index (χ2n) is 2.73. The van der Waals surface area contributed by atoms with Crippen LogP contribution in [0.2, 0.25) is 0 Å². The average molecular weight is 336 g/mol. The van der Waals surface area contributed by atoms with Gasteiger partial charge in [-0.15, -0.1) is 0 Å². The molecular weight excluding hydrogens is 330 g/mol. The summed E-state index contributed by atoms with van der Waals surface area (Å²) in [5.74, 6) is 0.129. The van der Waals surface area contributed by atoms with Crippen molar-refractivity contribution in [2.24, 2.45) is 0 Å². The molecule has 1 aromatic rings. The molecule has 0 aliphatic carbocycles.